The van der Waals surface area contributed by atoms with Gasteiger partial charge in [-0.2, -0.15) is 0 Å². The van der Waals surface area contributed by atoms with Crippen LogP contribution in [0.4, 0.5) is 0 Å². The Bertz CT molecular complexity index is 238. The highest BCUT2D eigenvalue weighted by Crippen LogP contribution is 2.05. The number of esters is 2. The van der Waals surface area contributed by atoms with E-state index in [1.54, 1.807) is 13.8 Å². The van der Waals surface area contributed by atoms with E-state index in [1.165, 1.54) is 0 Å². The first kappa shape index (κ1) is 16.9. The monoisotopic (exact) mass is 260 g/mol. The molecule has 0 aliphatic rings. The van der Waals surface area contributed by atoms with Gasteiger partial charge in [-0.25, -0.2) is 0 Å². The normalized spacial score (nSPS) is 15.6. The standard InChI is InChI=1S/C13H24O5/c1-5-9(3)12(15)17-7-11(14)8-18-13(16)10(4)6-2/h9-11,14H,5-8H2,1-4H3/t9-,10+,11?. The number of rotatable bonds is 8. The smallest absolute Gasteiger partial charge is 0.308 e. The number of hydrogen-bond donors (Lipinski definition) is 1. The summed E-state index contributed by atoms with van der Waals surface area (Å²) in [6, 6.07) is 0. The van der Waals surface area contributed by atoms with Crippen LogP contribution in [0.2, 0.25) is 0 Å². The summed E-state index contributed by atoms with van der Waals surface area (Å²) >= 11 is 0. The summed E-state index contributed by atoms with van der Waals surface area (Å²) in [4.78, 5) is 22.7. The number of aliphatic hydroxyl groups excluding tert-OH is 1. The van der Waals surface area contributed by atoms with E-state index >= 15 is 0 Å². The van der Waals surface area contributed by atoms with Crippen LogP contribution in [0, 0.1) is 11.8 Å². The predicted octanol–water partition coefficient (Wildman–Crippen LogP) is 1.53. The lowest BCUT2D eigenvalue weighted by molar-refractivity contribution is -0.156. The van der Waals surface area contributed by atoms with Crippen molar-refractivity contribution >= 4 is 11.9 Å². The molecule has 0 aliphatic heterocycles. The minimum atomic E-state index is -0.967. The summed E-state index contributed by atoms with van der Waals surface area (Å²) in [6.45, 7) is 7.01. The van der Waals surface area contributed by atoms with Gasteiger partial charge in [-0.15, -0.1) is 0 Å². The third-order valence-electron chi connectivity index (χ3n) is 2.87. The molecule has 1 N–H and O–H groups in total. The van der Waals surface area contributed by atoms with Crippen molar-refractivity contribution in [1.29, 1.82) is 0 Å². The SMILES string of the molecule is CC[C@@H](C)C(=O)OCC(O)COC(=O)[C@@H](C)CC. The van der Waals surface area contributed by atoms with Crippen molar-refractivity contribution in [2.45, 2.75) is 46.6 Å². The van der Waals surface area contributed by atoms with Gasteiger partial charge in [-0.05, 0) is 12.8 Å². The van der Waals surface area contributed by atoms with Gasteiger partial charge in [0.05, 0.1) is 11.8 Å². The van der Waals surface area contributed by atoms with Crippen molar-refractivity contribution in [2.24, 2.45) is 11.8 Å². The van der Waals surface area contributed by atoms with Crippen LogP contribution >= 0.6 is 0 Å². The van der Waals surface area contributed by atoms with E-state index in [0.717, 1.165) is 0 Å². The van der Waals surface area contributed by atoms with E-state index in [-0.39, 0.29) is 37.0 Å². The molecule has 5 heteroatoms. The number of carbonyl (C=O) groups is 2. The Morgan fingerprint density at radius 3 is 1.56 bits per heavy atom. The Morgan fingerprint density at radius 1 is 0.944 bits per heavy atom. The van der Waals surface area contributed by atoms with Gasteiger partial charge in [0, 0.05) is 0 Å². The average molecular weight is 260 g/mol. The van der Waals surface area contributed by atoms with Crippen LogP contribution in [0.1, 0.15) is 40.5 Å². The Morgan fingerprint density at radius 2 is 1.28 bits per heavy atom. The summed E-state index contributed by atoms with van der Waals surface area (Å²) in [5.74, 6) is -1.05. The maximum absolute atomic E-state index is 11.3. The molecule has 0 aromatic heterocycles. The molecule has 0 saturated heterocycles. The quantitative estimate of drug-likeness (QED) is 0.670. The molecule has 3 atom stereocenters. The maximum Gasteiger partial charge on any atom is 0.308 e. The Labute approximate surface area is 108 Å². The van der Waals surface area contributed by atoms with E-state index in [0.29, 0.717) is 12.8 Å². The van der Waals surface area contributed by atoms with Gasteiger partial charge in [0.2, 0.25) is 0 Å². The van der Waals surface area contributed by atoms with Crippen molar-refractivity contribution in [3.05, 3.63) is 0 Å². The molecule has 0 bridgehead atoms. The van der Waals surface area contributed by atoms with E-state index in [2.05, 4.69) is 0 Å². The van der Waals surface area contributed by atoms with Crippen molar-refractivity contribution in [3.8, 4) is 0 Å². The first-order valence-corrected chi connectivity index (χ1v) is 6.43. The zero-order chi connectivity index (χ0) is 14.1. The molecule has 0 spiro atoms. The molecule has 5 nitrogen and oxygen atoms in total. The van der Waals surface area contributed by atoms with E-state index < -0.39 is 6.10 Å². The number of carbonyl (C=O) groups excluding carboxylic acids is 2. The fourth-order valence-electron chi connectivity index (χ4n) is 1.02. The summed E-state index contributed by atoms with van der Waals surface area (Å²) in [6.07, 6.45) is 0.418. The third-order valence-corrected chi connectivity index (χ3v) is 2.87. The molecule has 0 heterocycles. The number of ether oxygens (including phenoxy) is 2. The molecule has 0 rings (SSSR count). The molecule has 0 saturated carbocycles. The maximum atomic E-state index is 11.3. The second-order valence-corrected chi connectivity index (χ2v) is 4.53. The van der Waals surface area contributed by atoms with E-state index in [4.69, 9.17) is 9.47 Å². The van der Waals surface area contributed by atoms with Gasteiger partial charge in [-0.3, -0.25) is 9.59 Å². The van der Waals surface area contributed by atoms with Gasteiger partial charge >= 0.3 is 11.9 Å². The third kappa shape index (κ3) is 6.59. The topological polar surface area (TPSA) is 72.8 Å². The van der Waals surface area contributed by atoms with Crippen LogP contribution in [0.25, 0.3) is 0 Å². The molecule has 0 aromatic rings. The minimum Gasteiger partial charge on any atom is -0.463 e. The molecular weight excluding hydrogens is 236 g/mol. The summed E-state index contributed by atoms with van der Waals surface area (Å²) in [7, 11) is 0. The highest BCUT2D eigenvalue weighted by atomic mass is 16.6. The molecule has 0 radical (unpaired) electrons. The minimum absolute atomic E-state index is 0.142. The molecule has 1 unspecified atom stereocenters. The number of aliphatic hydroxyl groups is 1. The molecule has 0 aromatic carbocycles. The zero-order valence-corrected chi connectivity index (χ0v) is 11.6. The first-order chi connectivity index (χ1) is 8.42. The molecular formula is C13H24O5. The second kappa shape index (κ2) is 8.91. The van der Waals surface area contributed by atoms with Crippen molar-refractivity contribution in [3.63, 3.8) is 0 Å². The summed E-state index contributed by atoms with van der Waals surface area (Å²) in [5.41, 5.74) is 0. The predicted molar refractivity (Wildman–Crippen MR) is 66.8 cm³/mol. The van der Waals surface area contributed by atoms with Crippen LogP contribution in [0.5, 0.6) is 0 Å². The Balaban J connectivity index is 3.81. The van der Waals surface area contributed by atoms with Crippen LogP contribution in [-0.4, -0.2) is 36.4 Å². The van der Waals surface area contributed by atoms with Crippen LogP contribution in [0.3, 0.4) is 0 Å². The zero-order valence-electron chi connectivity index (χ0n) is 11.6. The summed E-state index contributed by atoms with van der Waals surface area (Å²) in [5, 5.41) is 9.50. The van der Waals surface area contributed by atoms with Gasteiger partial charge in [0.25, 0.3) is 0 Å². The van der Waals surface area contributed by atoms with Gasteiger partial charge in [0.1, 0.15) is 19.3 Å². The molecule has 0 amide bonds. The van der Waals surface area contributed by atoms with E-state index in [9.17, 15) is 14.7 Å². The molecule has 0 fully saturated rings. The second-order valence-electron chi connectivity index (χ2n) is 4.53. The lowest BCUT2D eigenvalue weighted by Crippen LogP contribution is -2.28. The number of hydrogen-bond acceptors (Lipinski definition) is 5. The summed E-state index contributed by atoms with van der Waals surface area (Å²) < 4.78 is 9.79. The fourth-order valence-corrected chi connectivity index (χ4v) is 1.02. The van der Waals surface area contributed by atoms with Crippen molar-refractivity contribution in [1.82, 2.24) is 0 Å². The molecule has 0 aliphatic carbocycles. The lowest BCUT2D eigenvalue weighted by atomic mass is 10.1. The van der Waals surface area contributed by atoms with Gasteiger partial charge < -0.3 is 14.6 Å². The Hall–Kier alpha value is -1.10. The van der Waals surface area contributed by atoms with Crippen LogP contribution in [0.15, 0.2) is 0 Å². The average Bonchev–Trinajstić information content (AvgIpc) is 2.39. The highest BCUT2D eigenvalue weighted by molar-refractivity contribution is 5.72. The molecule has 106 valence electrons. The van der Waals surface area contributed by atoms with Gasteiger partial charge in [0.15, 0.2) is 0 Å². The van der Waals surface area contributed by atoms with E-state index in [1.807, 2.05) is 13.8 Å². The lowest BCUT2D eigenvalue weighted by Gasteiger charge is -2.15. The van der Waals surface area contributed by atoms with Crippen LogP contribution < -0.4 is 0 Å². The Kier molecular flexibility index (Phi) is 8.37. The van der Waals surface area contributed by atoms with Crippen molar-refractivity contribution < 1.29 is 24.2 Å². The first-order valence-electron chi connectivity index (χ1n) is 6.43. The van der Waals surface area contributed by atoms with Gasteiger partial charge in [-0.1, -0.05) is 27.7 Å². The van der Waals surface area contributed by atoms with Crippen LogP contribution in [-0.2, 0) is 19.1 Å². The largest absolute Gasteiger partial charge is 0.463 e. The molecule has 18 heavy (non-hydrogen) atoms. The van der Waals surface area contributed by atoms with Crippen molar-refractivity contribution in [2.75, 3.05) is 13.2 Å². The fraction of sp³-hybridized carbons (Fsp3) is 0.846. The highest BCUT2D eigenvalue weighted by Gasteiger charge is 2.17.